The van der Waals surface area contributed by atoms with Gasteiger partial charge in [-0.25, -0.2) is 9.97 Å². The number of carbonyl (C=O) groups is 3. The first kappa shape index (κ1) is 20.4. The van der Waals surface area contributed by atoms with Gasteiger partial charge in [0, 0.05) is 30.9 Å². The van der Waals surface area contributed by atoms with Crippen LogP contribution in [0.5, 0.6) is 11.5 Å². The highest BCUT2D eigenvalue weighted by Crippen LogP contribution is 2.24. The molecule has 2 heterocycles. The van der Waals surface area contributed by atoms with Gasteiger partial charge in [0.25, 0.3) is 5.91 Å². The fourth-order valence-electron chi connectivity index (χ4n) is 2.03. The lowest BCUT2D eigenvalue weighted by Crippen LogP contribution is -2.18. The number of nitrogens with zero attached hydrogens (tertiary/aromatic N) is 3. The van der Waals surface area contributed by atoms with Crippen LogP contribution in [0.15, 0.2) is 42.7 Å². The maximum Gasteiger partial charge on any atom is 0.269 e. The van der Waals surface area contributed by atoms with E-state index in [0.717, 1.165) is 16.7 Å². The molecule has 0 radical (unpaired) electrons. The first-order chi connectivity index (χ1) is 12.7. The van der Waals surface area contributed by atoms with Gasteiger partial charge in [-0.05, 0) is 31.2 Å². The average Bonchev–Trinajstić information content (AvgIpc) is 2.71. The third-order valence-electron chi connectivity index (χ3n) is 3.10. The summed E-state index contributed by atoms with van der Waals surface area (Å²) < 4.78 is 5.78. The number of hydrogen-bond acceptors (Lipinski definition) is 7. The van der Waals surface area contributed by atoms with E-state index in [0.29, 0.717) is 17.2 Å². The van der Waals surface area contributed by atoms with Gasteiger partial charge in [0.1, 0.15) is 36.6 Å². The van der Waals surface area contributed by atoms with E-state index in [9.17, 15) is 4.79 Å². The van der Waals surface area contributed by atoms with E-state index in [1.54, 1.807) is 25.4 Å². The number of fused-ring (bicyclic) bond motifs is 1. The third kappa shape index (κ3) is 5.17. The second-order valence-electron chi connectivity index (χ2n) is 4.70. The Bertz CT molecular complexity index is 884. The topological polar surface area (TPSA) is 111 Å². The summed E-state index contributed by atoms with van der Waals surface area (Å²) >= 11 is 0. The summed E-state index contributed by atoms with van der Waals surface area (Å²) in [4.78, 5) is 40.1. The van der Waals surface area contributed by atoms with Gasteiger partial charge >= 0.3 is 0 Å². The highest BCUT2D eigenvalue weighted by molar-refractivity contribution is 5.92. The van der Waals surface area contributed by atoms with E-state index >= 15 is 0 Å². The molecular weight excluding hydrogens is 336 g/mol. The Balaban J connectivity index is 0.000000791. The van der Waals surface area contributed by atoms with Gasteiger partial charge in [-0.1, -0.05) is 0 Å². The fraction of sp³-hybridized carbons (Fsp3) is 0.111. The van der Waals surface area contributed by atoms with Crippen molar-refractivity contribution in [1.29, 1.82) is 0 Å². The average molecular weight is 354 g/mol. The molecule has 8 heteroatoms. The molecule has 0 saturated carbocycles. The van der Waals surface area contributed by atoms with E-state index in [4.69, 9.17) is 14.3 Å². The Morgan fingerprint density at radius 2 is 1.73 bits per heavy atom. The van der Waals surface area contributed by atoms with Gasteiger partial charge in [-0.3, -0.25) is 9.78 Å². The van der Waals surface area contributed by atoms with Crippen molar-refractivity contribution in [3.05, 3.63) is 54.2 Å². The lowest BCUT2D eigenvalue weighted by atomic mass is 10.2. The Kier molecular flexibility index (Phi) is 8.02. The number of hydrogen-bond donors (Lipinski definition) is 1. The predicted octanol–water partition coefficient (Wildman–Crippen LogP) is 2.12. The standard InChI is InChI=1S/C16H14N4O2.2CH2O/c1-10-19-9-11-7-12(3-4-14(11)20-10)22-13-5-6-18-15(8-13)16(21)17-2;2*1-2/h3-9H,1-2H3,(H,17,21);2*1H2. The maximum absolute atomic E-state index is 11.6. The van der Waals surface area contributed by atoms with Crippen molar-refractivity contribution >= 4 is 30.4 Å². The molecule has 26 heavy (non-hydrogen) atoms. The Labute approximate surface area is 150 Å². The smallest absolute Gasteiger partial charge is 0.269 e. The van der Waals surface area contributed by atoms with E-state index in [1.807, 2.05) is 38.7 Å². The zero-order chi connectivity index (χ0) is 19.5. The second-order valence-corrected chi connectivity index (χ2v) is 4.70. The number of aryl methyl sites for hydroxylation is 1. The Morgan fingerprint density at radius 1 is 1.04 bits per heavy atom. The molecule has 0 unspecified atom stereocenters. The highest BCUT2D eigenvalue weighted by atomic mass is 16.5. The quantitative estimate of drug-likeness (QED) is 0.767. The normalized spacial score (nSPS) is 9.15. The number of carbonyl (C=O) groups excluding carboxylic acids is 3. The van der Waals surface area contributed by atoms with Crippen LogP contribution in [0.1, 0.15) is 16.3 Å². The van der Waals surface area contributed by atoms with Crippen LogP contribution < -0.4 is 10.1 Å². The van der Waals surface area contributed by atoms with E-state index in [-0.39, 0.29) is 5.91 Å². The molecule has 8 nitrogen and oxygen atoms in total. The maximum atomic E-state index is 11.6. The van der Waals surface area contributed by atoms with Gasteiger partial charge in [0.15, 0.2) is 0 Å². The Hall–Kier alpha value is -3.68. The summed E-state index contributed by atoms with van der Waals surface area (Å²) in [5.74, 6) is 1.66. The highest BCUT2D eigenvalue weighted by Gasteiger charge is 2.07. The minimum atomic E-state index is -0.257. The molecule has 0 atom stereocenters. The van der Waals surface area contributed by atoms with Crippen molar-refractivity contribution in [3.63, 3.8) is 0 Å². The van der Waals surface area contributed by atoms with E-state index in [1.165, 1.54) is 6.20 Å². The van der Waals surface area contributed by atoms with Crippen molar-refractivity contribution in [3.8, 4) is 11.5 Å². The Morgan fingerprint density at radius 3 is 2.42 bits per heavy atom. The van der Waals surface area contributed by atoms with E-state index < -0.39 is 0 Å². The third-order valence-corrected chi connectivity index (χ3v) is 3.10. The minimum Gasteiger partial charge on any atom is -0.457 e. The second kappa shape index (κ2) is 10.2. The van der Waals surface area contributed by atoms with Gasteiger partial charge in [0.2, 0.25) is 0 Å². The summed E-state index contributed by atoms with van der Waals surface area (Å²) in [6, 6.07) is 8.85. The molecule has 3 aromatic rings. The van der Waals surface area contributed by atoms with Gasteiger partial charge in [-0.2, -0.15) is 0 Å². The van der Waals surface area contributed by atoms with Crippen LogP contribution in [0.25, 0.3) is 10.9 Å². The molecule has 134 valence electrons. The number of pyridine rings is 1. The van der Waals surface area contributed by atoms with Crippen LogP contribution in [0, 0.1) is 6.92 Å². The fourth-order valence-corrected chi connectivity index (χ4v) is 2.03. The molecule has 0 saturated heterocycles. The molecule has 1 N–H and O–H groups in total. The van der Waals surface area contributed by atoms with Crippen LogP contribution in [-0.4, -0.2) is 41.5 Å². The lowest BCUT2D eigenvalue weighted by molar-refractivity contribution is -0.0987. The number of amides is 1. The van der Waals surface area contributed by atoms with Crippen LogP contribution in [0.3, 0.4) is 0 Å². The zero-order valence-electron chi connectivity index (χ0n) is 14.4. The van der Waals surface area contributed by atoms with Crippen LogP contribution in [0.2, 0.25) is 0 Å². The van der Waals surface area contributed by atoms with Crippen molar-refractivity contribution < 1.29 is 19.1 Å². The van der Waals surface area contributed by atoms with Crippen molar-refractivity contribution in [2.45, 2.75) is 6.92 Å². The molecule has 0 aliphatic rings. The first-order valence-corrected chi connectivity index (χ1v) is 7.33. The summed E-state index contributed by atoms with van der Waals surface area (Å²) in [5, 5.41) is 3.42. The summed E-state index contributed by atoms with van der Waals surface area (Å²) in [6.07, 6.45) is 3.29. The monoisotopic (exact) mass is 354 g/mol. The summed E-state index contributed by atoms with van der Waals surface area (Å²) in [5.41, 5.74) is 1.17. The summed E-state index contributed by atoms with van der Waals surface area (Å²) in [7, 11) is 1.56. The molecule has 2 aromatic heterocycles. The van der Waals surface area contributed by atoms with Crippen LogP contribution in [0.4, 0.5) is 0 Å². The van der Waals surface area contributed by atoms with Crippen molar-refractivity contribution in [2.24, 2.45) is 0 Å². The molecule has 0 bridgehead atoms. The van der Waals surface area contributed by atoms with Gasteiger partial charge in [-0.15, -0.1) is 0 Å². The molecule has 1 amide bonds. The largest absolute Gasteiger partial charge is 0.457 e. The molecule has 0 fully saturated rings. The number of nitrogens with one attached hydrogen (secondary N) is 1. The van der Waals surface area contributed by atoms with Crippen LogP contribution >= 0.6 is 0 Å². The SMILES string of the molecule is C=O.C=O.CNC(=O)c1cc(Oc2ccc3nc(C)ncc3c2)ccn1. The van der Waals surface area contributed by atoms with Gasteiger partial charge in [0.05, 0.1) is 5.52 Å². The molecular formula is C18H18N4O4. The number of ether oxygens (including phenoxy) is 1. The minimum absolute atomic E-state index is 0.257. The zero-order valence-corrected chi connectivity index (χ0v) is 14.4. The van der Waals surface area contributed by atoms with E-state index in [2.05, 4.69) is 20.3 Å². The van der Waals surface area contributed by atoms with Crippen molar-refractivity contribution in [1.82, 2.24) is 20.3 Å². The van der Waals surface area contributed by atoms with Crippen molar-refractivity contribution in [2.75, 3.05) is 7.05 Å². The number of benzene rings is 1. The first-order valence-electron chi connectivity index (χ1n) is 7.33. The number of aromatic nitrogens is 3. The molecule has 0 spiro atoms. The lowest BCUT2D eigenvalue weighted by Gasteiger charge is -2.07. The predicted molar refractivity (Wildman–Crippen MR) is 96.2 cm³/mol. The summed E-state index contributed by atoms with van der Waals surface area (Å²) in [6.45, 7) is 5.85. The number of rotatable bonds is 3. The molecule has 3 rings (SSSR count). The molecule has 0 aliphatic carbocycles. The molecule has 1 aromatic carbocycles. The van der Waals surface area contributed by atoms with Gasteiger partial charge < -0.3 is 19.6 Å². The molecule has 0 aliphatic heterocycles. The van der Waals surface area contributed by atoms with Crippen LogP contribution in [-0.2, 0) is 9.59 Å².